The molecule has 0 saturated carbocycles. The van der Waals surface area contributed by atoms with Crippen molar-refractivity contribution in [2.45, 2.75) is 25.8 Å². The van der Waals surface area contributed by atoms with Gasteiger partial charge in [0, 0.05) is 23.5 Å². The van der Waals surface area contributed by atoms with Gasteiger partial charge in [-0.25, -0.2) is 9.69 Å². The topological polar surface area (TPSA) is 65.2 Å². The van der Waals surface area contributed by atoms with Crippen LogP contribution in [0.25, 0.3) is 10.9 Å². The zero-order valence-electron chi connectivity index (χ0n) is 14.0. The first kappa shape index (κ1) is 15.4. The summed E-state index contributed by atoms with van der Waals surface area (Å²) < 4.78 is 0. The first-order valence-corrected chi connectivity index (χ1v) is 8.45. The summed E-state index contributed by atoms with van der Waals surface area (Å²) in [7, 11) is 0. The van der Waals surface area contributed by atoms with Crippen molar-refractivity contribution >= 4 is 28.5 Å². The van der Waals surface area contributed by atoms with Gasteiger partial charge in [0.1, 0.15) is 6.04 Å². The number of amides is 3. The molecule has 1 saturated heterocycles. The zero-order chi connectivity index (χ0) is 17.4. The number of nitrogens with zero attached hydrogens (tertiary/aromatic N) is 1. The second-order valence-electron chi connectivity index (χ2n) is 6.26. The number of aromatic amines is 1. The molecular weight excluding hydrogens is 314 g/mol. The average Bonchev–Trinajstić information content (AvgIpc) is 3.17. The standard InChI is InChI=1S/C20H19N3O2/c1-2-13-7-9-15(10-8-13)23-19(24)18(22-20(23)25)11-14-12-21-17-6-4-3-5-16(14)17/h3-10,12,18,21H,2,11H2,1H3,(H,22,25)/t18-/m1/s1. The summed E-state index contributed by atoms with van der Waals surface area (Å²) in [5, 5.41) is 3.89. The van der Waals surface area contributed by atoms with Gasteiger partial charge in [-0.15, -0.1) is 0 Å². The minimum Gasteiger partial charge on any atom is -0.361 e. The van der Waals surface area contributed by atoms with E-state index in [0.717, 1.165) is 22.9 Å². The highest BCUT2D eigenvalue weighted by Gasteiger charge is 2.39. The zero-order valence-corrected chi connectivity index (χ0v) is 14.0. The number of carbonyl (C=O) groups excluding carboxylic acids is 2. The third-order valence-electron chi connectivity index (χ3n) is 4.72. The lowest BCUT2D eigenvalue weighted by Crippen LogP contribution is -2.32. The van der Waals surface area contributed by atoms with Crippen LogP contribution in [0.5, 0.6) is 0 Å². The number of nitrogens with one attached hydrogen (secondary N) is 2. The van der Waals surface area contributed by atoms with Crippen LogP contribution in [0.15, 0.2) is 54.7 Å². The largest absolute Gasteiger partial charge is 0.361 e. The van der Waals surface area contributed by atoms with Crippen LogP contribution in [0.2, 0.25) is 0 Å². The molecule has 0 spiro atoms. The van der Waals surface area contributed by atoms with Gasteiger partial charge in [-0.05, 0) is 35.7 Å². The van der Waals surface area contributed by atoms with Gasteiger partial charge in [-0.3, -0.25) is 4.79 Å². The van der Waals surface area contributed by atoms with Gasteiger partial charge in [-0.2, -0.15) is 0 Å². The minimum atomic E-state index is -0.544. The molecule has 1 atom stereocenters. The van der Waals surface area contributed by atoms with Crippen molar-refractivity contribution in [3.63, 3.8) is 0 Å². The fraction of sp³-hybridized carbons (Fsp3) is 0.200. The maximum Gasteiger partial charge on any atom is 0.329 e. The highest BCUT2D eigenvalue weighted by atomic mass is 16.2. The quantitative estimate of drug-likeness (QED) is 0.719. The van der Waals surface area contributed by atoms with Crippen molar-refractivity contribution in [2.24, 2.45) is 0 Å². The highest BCUT2D eigenvalue weighted by Crippen LogP contribution is 2.24. The Bertz CT molecular complexity index is 943. The number of para-hydroxylation sites is 1. The van der Waals surface area contributed by atoms with E-state index < -0.39 is 6.04 Å². The Kier molecular flexibility index (Phi) is 3.76. The van der Waals surface area contributed by atoms with Crippen molar-refractivity contribution in [3.05, 3.63) is 65.9 Å². The van der Waals surface area contributed by atoms with E-state index in [4.69, 9.17) is 0 Å². The van der Waals surface area contributed by atoms with E-state index in [2.05, 4.69) is 17.2 Å². The molecular formula is C20H19N3O2. The number of fused-ring (bicyclic) bond motifs is 1. The molecule has 3 aromatic rings. The van der Waals surface area contributed by atoms with Gasteiger partial charge in [0.2, 0.25) is 0 Å². The molecule has 0 radical (unpaired) electrons. The number of aryl methyl sites for hydroxylation is 1. The fourth-order valence-corrected chi connectivity index (χ4v) is 3.32. The highest BCUT2D eigenvalue weighted by molar-refractivity contribution is 6.21. The second-order valence-corrected chi connectivity index (χ2v) is 6.26. The van der Waals surface area contributed by atoms with E-state index in [9.17, 15) is 9.59 Å². The van der Waals surface area contributed by atoms with Gasteiger partial charge >= 0.3 is 6.03 Å². The molecule has 4 rings (SSSR count). The number of H-pyrrole nitrogens is 1. The SMILES string of the molecule is CCc1ccc(N2C(=O)N[C@H](Cc3c[nH]c4ccccc34)C2=O)cc1. The summed E-state index contributed by atoms with van der Waals surface area (Å²) in [5.74, 6) is -0.209. The molecule has 5 heteroatoms. The molecule has 0 unspecified atom stereocenters. The summed E-state index contributed by atoms with van der Waals surface area (Å²) >= 11 is 0. The van der Waals surface area contributed by atoms with E-state index in [1.54, 1.807) is 0 Å². The number of benzene rings is 2. The average molecular weight is 333 g/mol. The van der Waals surface area contributed by atoms with Gasteiger partial charge in [0.25, 0.3) is 5.91 Å². The van der Waals surface area contributed by atoms with Crippen LogP contribution in [0.1, 0.15) is 18.1 Å². The van der Waals surface area contributed by atoms with Crippen molar-refractivity contribution < 1.29 is 9.59 Å². The number of urea groups is 1. The van der Waals surface area contributed by atoms with Crippen LogP contribution in [0.3, 0.4) is 0 Å². The molecule has 2 heterocycles. The molecule has 2 aromatic carbocycles. The number of rotatable bonds is 4. The van der Waals surface area contributed by atoms with Gasteiger partial charge in [-0.1, -0.05) is 37.3 Å². The number of carbonyl (C=O) groups is 2. The smallest absolute Gasteiger partial charge is 0.329 e. The number of aromatic nitrogens is 1. The van der Waals surface area contributed by atoms with E-state index in [1.165, 1.54) is 10.5 Å². The predicted octanol–water partition coefficient (Wildman–Crippen LogP) is 3.40. The molecule has 25 heavy (non-hydrogen) atoms. The van der Waals surface area contributed by atoms with E-state index in [0.29, 0.717) is 12.1 Å². The van der Waals surface area contributed by atoms with Crippen molar-refractivity contribution in [3.8, 4) is 0 Å². The lowest BCUT2D eigenvalue weighted by Gasteiger charge is -2.13. The first-order chi connectivity index (χ1) is 12.2. The Hall–Kier alpha value is -3.08. The maximum atomic E-state index is 12.8. The van der Waals surface area contributed by atoms with Crippen molar-refractivity contribution in [1.29, 1.82) is 0 Å². The van der Waals surface area contributed by atoms with Gasteiger partial charge in [0.05, 0.1) is 5.69 Å². The molecule has 0 aliphatic carbocycles. The number of hydrogen-bond acceptors (Lipinski definition) is 2. The maximum absolute atomic E-state index is 12.8. The van der Waals surface area contributed by atoms with Gasteiger partial charge < -0.3 is 10.3 Å². The Balaban J connectivity index is 1.58. The van der Waals surface area contributed by atoms with Crippen LogP contribution in [-0.2, 0) is 17.6 Å². The monoisotopic (exact) mass is 333 g/mol. The molecule has 1 aliphatic rings. The summed E-state index contributed by atoms with van der Waals surface area (Å²) in [4.78, 5) is 29.5. The normalized spacial score (nSPS) is 17.3. The molecule has 2 N–H and O–H groups in total. The molecule has 3 amide bonds. The van der Waals surface area contributed by atoms with E-state index >= 15 is 0 Å². The fourth-order valence-electron chi connectivity index (χ4n) is 3.32. The van der Waals surface area contributed by atoms with Crippen LogP contribution < -0.4 is 10.2 Å². The Morgan fingerprint density at radius 2 is 1.80 bits per heavy atom. The summed E-state index contributed by atoms with van der Waals surface area (Å²) in [6.45, 7) is 2.07. The van der Waals surface area contributed by atoms with E-state index in [1.807, 2.05) is 54.7 Å². The van der Waals surface area contributed by atoms with Gasteiger partial charge in [0.15, 0.2) is 0 Å². The molecule has 0 bridgehead atoms. The third kappa shape index (κ3) is 2.67. The number of anilines is 1. The molecule has 5 nitrogen and oxygen atoms in total. The third-order valence-corrected chi connectivity index (χ3v) is 4.72. The first-order valence-electron chi connectivity index (χ1n) is 8.45. The Labute approximate surface area is 145 Å². The lowest BCUT2D eigenvalue weighted by atomic mass is 10.0. The van der Waals surface area contributed by atoms with Crippen LogP contribution in [-0.4, -0.2) is 23.0 Å². The number of hydrogen-bond donors (Lipinski definition) is 2. The lowest BCUT2D eigenvalue weighted by molar-refractivity contribution is -0.118. The van der Waals surface area contributed by atoms with Crippen molar-refractivity contribution in [2.75, 3.05) is 4.90 Å². The molecule has 126 valence electrons. The van der Waals surface area contributed by atoms with Crippen LogP contribution >= 0.6 is 0 Å². The Morgan fingerprint density at radius 1 is 1.04 bits per heavy atom. The summed E-state index contributed by atoms with van der Waals surface area (Å²) in [6, 6.07) is 14.6. The minimum absolute atomic E-state index is 0.209. The van der Waals surface area contributed by atoms with Crippen LogP contribution in [0.4, 0.5) is 10.5 Å². The summed E-state index contributed by atoms with van der Waals surface area (Å²) in [5.41, 5.74) is 3.84. The second kappa shape index (κ2) is 6.09. The predicted molar refractivity (Wildman–Crippen MR) is 97.6 cm³/mol. The number of imide groups is 1. The van der Waals surface area contributed by atoms with Crippen LogP contribution in [0, 0.1) is 0 Å². The molecule has 1 fully saturated rings. The van der Waals surface area contributed by atoms with E-state index in [-0.39, 0.29) is 11.9 Å². The van der Waals surface area contributed by atoms with Crippen molar-refractivity contribution in [1.82, 2.24) is 10.3 Å². The molecule has 1 aromatic heterocycles. The molecule has 1 aliphatic heterocycles. The Morgan fingerprint density at radius 3 is 2.56 bits per heavy atom. The summed E-state index contributed by atoms with van der Waals surface area (Å²) in [6.07, 6.45) is 3.30.